The van der Waals surface area contributed by atoms with Gasteiger partial charge in [0.2, 0.25) is 0 Å². The first-order valence-corrected chi connectivity index (χ1v) is 9.30. The average Bonchev–Trinajstić information content (AvgIpc) is 2.40. The molecule has 4 nitrogen and oxygen atoms in total. The molecule has 0 aliphatic heterocycles. The molecule has 0 spiro atoms. The lowest BCUT2D eigenvalue weighted by Gasteiger charge is -2.28. The van der Waals surface area contributed by atoms with E-state index in [4.69, 9.17) is 22.3 Å². The first-order chi connectivity index (χ1) is 9.54. The molecule has 0 atom stereocenters. The molecule has 0 fully saturated rings. The predicted molar refractivity (Wildman–Crippen MR) is 85.7 cm³/mol. The molecule has 7 heteroatoms. The lowest BCUT2D eigenvalue weighted by Crippen LogP contribution is -2.45. The Morgan fingerprint density at radius 3 is 2.24 bits per heavy atom. The molecule has 0 heterocycles. The Kier molecular flexibility index (Phi) is 5.69. The summed E-state index contributed by atoms with van der Waals surface area (Å²) in [7, 11) is 1.35. The van der Waals surface area contributed by atoms with Crippen molar-refractivity contribution < 1.29 is 13.2 Å². The number of halogens is 2. The highest BCUT2D eigenvalue weighted by atomic mass is 35.7. The first kappa shape index (κ1) is 18.3. The minimum atomic E-state index is -4.01. The van der Waals surface area contributed by atoms with Crippen LogP contribution in [0.25, 0.3) is 0 Å². The molecule has 0 aliphatic carbocycles. The van der Waals surface area contributed by atoms with Crippen LogP contribution in [0.3, 0.4) is 0 Å². The van der Waals surface area contributed by atoms with Gasteiger partial charge in [-0.2, -0.15) is 0 Å². The van der Waals surface area contributed by atoms with E-state index in [0.29, 0.717) is 5.56 Å². The van der Waals surface area contributed by atoms with E-state index in [1.807, 2.05) is 20.8 Å². The van der Waals surface area contributed by atoms with Crippen molar-refractivity contribution in [3.05, 3.63) is 28.3 Å². The fraction of sp³-hybridized carbons (Fsp3) is 0.500. The molecule has 1 amide bonds. The van der Waals surface area contributed by atoms with Gasteiger partial charge >= 0.3 is 0 Å². The van der Waals surface area contributed by atoms with Crippen molar-refractivity contribution in [2.75, 3.05) is 0 Å². The highest BCUT2D eigenvalue weighted by Gasteiger charge is 2.25. The molecule has 0 aromatic heterocycles. The second-order valence-electron chi connectivity index (χ2n) is 5.27. The number of aryl methyl sites for hydroxylation is 1. The standard InChI is InChI=1S/C14H19Cl2NO3S/c1-5-14(4,6-2)17-13(18)10-7-9(3)12(15)11(8-10)21(16,19)20/h7-8H,5-6H2,1-4H3,(H,17,18). The van der Waals surface area contributed by atoms with Crippen LogP contribution >= 0.6 is 22.3 Å². The maximum absolute atomic E-state index is 12.3. The van der Waals surface area contributed by atoms with Gasteiger partial charge in [0.1, 0.15) is 4.90 Å². The third kappa shape index (κ3) is 4.34. The van der Waals surface area contributed by atoms with Crippen molar-refractivity contribution in [3.8, 4) is 0 Å². The van der Waals surface area contributed by atoms with E-state index in [1.54, 1.807) is 13.0 Å². The Morgan fingerprint density at radius 1 is 1.29 bits per heavy atom. The number of carbonyl (C=O) groups excluding carboxylic acids is 1. The quantitative estimate of drug-likeness (QED) is 0.818. The lowest BCUT2D eigenvalue weighted by molar-refractivity contribution is 0.0900. The summed E-state index contributed by atoms with van der Waals surface area (Å²) in [5.41, 5.74) is 0.368. The van der Waals surface area contributed by atoms with Crippen LogP contribution in [0.1, 0.15) is 49.5 Å². The van der Waals surface area contributed by atoms with Gasteiger partial charge in [-0.25, -0.2) is 8.42 Å². The second-order valence-corrected chi connectivity index (χ2v) is 8.18. The maximum atomic E-state index is 12.3. The highest BCUT2D eigenvalue weighted by Crippen LogP contribution is 2.29. The van der Waals surface area contributed by atoms with Crippen molar-refractivity contribution >= 4 is 37.2 Å². The molecule has 1 aromatic carbocycles. The van der Waals surface area contributed by atoms with Gasteiger partial charge < -0.3 is 5.32 Å². The number of carbonyl (C=O) groups is 1. The topological polar surface area (TPSA) is 63.2 Å². The van der Waals surface area contributed by atoms with Gasteiger partial charge in [0.25, 0.3) is 15.0 Å². The maximum Gasteiger partial charge on any atom is 0.262 e. The molecule has 0 unspecified atom stereocenters. The summed E-state index contributed by atoms with van der Waals surface area (Å²) in [6, 6.07) is 2.76. The van der Waals surface area contributed by atoms with Crippen molar-refractivity contribution in [2.45, 2.75) is 51.0 Å². The van der Waals surface area contributed by atoms with Crippen molar-refractivity contribution in [3.63, 3.8) is 0 Å². The van der Waals surface area contributed by atoms with Gasteiger partial charge in [-0.15, -0.1) is 0 Å². The summed E-state index contributed by atoms with van der Waals surface area (Å²) in [5, 5.41) is 2.95. The van der Waals surface area contributed by atoms with Gasteiger partial charge in [0, 0.05) is 21.8 Å². The molecule has 0 bridgehead atoms. The highest BCUT2D eigenvalue weighted by molar-refractivity contribution is 8.13. The Bertz CT molecular complexity index is 652. The average molecular weight is 352 g/mol. The van der Waals surface area contributed by atoms with Crippen LogP contribution in [0.2, 0.25) is 5.02 Å². The smallest absolute Gasteiger partial charge is 0.262 e. The molecule has 118 valence electrons. The molecule has 0 saturated heterocycles. The minimum Gasteiger partial charge on any atom is -0.347 e. The third-order valence-electron chi connectivity index (χ3n) is 3.72. The van der Waals surface area contributed by atoms with Gasteiger partial charge in [0.05, 0.1) is 5.02 Å². The van der Waals surface area contributed by atoms with Crippen LogP contribution in [-0.2, 0) is 9.05 Å². The molecular formula is C14H19Cl2NO3S. The van der Waals surface area contributed by atoms with Crippen molar-refractivity contribution in [1.82, 2.24) is 5.32 Å². The number of amides is 1. The van der Waals surface area contributed by atoms with Gasteiger partial charge in [0.15, 0.2) is 0 Å². The van der Waals surface area contributed by atoms with Crippen LogP contribution in [0.4, 0.5) is 0 Å². The fourth-order valence-corrected chi connectivity index (χ4v) is 3.36. The summed E-state index contributed by atoms with van der Waals surface area (Å²) in [5.74, 6) is -0.345. The fourth-order valence-electron chi connectivity index (χ4n) is 1.82. The van der Waals surface area contributed by atoms with Crippen molar-refractivity contribution in [1.29, 1.82) is 0 Å². The molecule has 21 heavy (non-hydrogen) atoms. The van der Waals surface area contributed by atoms with E-state index in [2.05, 4.69) is 5.32 Å². The zero-order valence-electron chi connectivity index (χ0n) is 12.5. The molecule has 0 aliphatic rings. The Balaban J connectivity index is 3.27. The van der Waals surface area contributed by atoms with Gasteiger partial charge in [-0.1, -0.05) is 25.4 Å². The molecule has 0 saturated carbocycles. The number of hydrogen-bond acceptors (Lipinski definition) is 3. The van der Waals surface area contributed by atoms with Gasteiger partial charge in [-0.3, -0.25) is 4.79 Å². The molecule has 1 N–H and O–H groups in total. The number of nitrogens with one attached hydrogen (secondary N) is 1. The van der Waals surface area contributed by atoms with Gasteiger partial charge in [-0.05, 0) is 44.4 Å². The van der Waals surface area contributed by atoms with Crippen LogP contribution in [-0.4, -0.2) is 19.9 Å². The Hall–Kier alpha value is -0.780. The van der Waals surface area contributed by atoms with Crippen LogP contribution in [0.5, 0.6) is 0 Å². The summed E-state index contributed by atoms with van der Waals surface area (Å²) in [6.07, 6.45) is 1.53. The van der Waals surface area contributed by atoms with Crippen LogP contribution < -0.4 is 5.32 Å². The first-order valence-electron chi connectivity index (χ1n) is 6.61. The number of hydrogen-bond donors (Lipinski definition) is 1. The normalized spacial score (nSPS) is 12.3. The summed E-state index contributed by atoms with van der Waals surface area (Å²) >= 11 is 5.95. The van der Waals surface area contributed by atoms with E-state index in [1.165, 1.54) is 6.07 Å². The SMILES string of the molecule is CCC(C)(CC)NC(=O)c1cc(C)c(Cl)c(S(=O)(=O)Cl)c1. The Morgan fingerprint density at radius 2 is 1.81 bits per heavy atom. The van der Waals surface area contributed by atoms with Crippen LogP contribution in [0, 0.1) is 6.92 Å². The minimum absolute atomic E-state index is 0.0373. The van der Waals surface area contributed by atoms with E-state index >= 15 is 0 Å². The summed E-state index contributed by atoms with van der Waals surface area (Å²) < 4.78 is 23.1. The van der Waals surface area contributed by atoms with Crippen molar-refractivity contribution in [2.24, 2.45) is 0 Å². The molecule has 1 aromatic rings. The zero-order chi connectivity index (χ0) is 16.4. The zero-order valence-corrected chi connectivity index (χ0v) is 14.8. The van der Waals surface area contributed by atoms with E-state index < -0.39 is 9.05 Å². The monoisotopic (exact) mass is 351 g/mol. The number of rotatable bonds is 5. The predicted octanol–water partition coefficient (Wildman–Crippen LogP) is 3.88. The van der Waals surface area contributed by atoms with Crippen LogP contribution in [0.15, 0.2) is 17.0 Å². The second kappa shape index (κ2) is 6.55. The summed E-state index contributed by atoms with van der Waals surface area (Å²) in [6.45, 7) is 7.52. The van der Waals surface area contributed by atoms with E-state index in [-0.39, 0.29) is 26.9 Å². The summed E-state index contributed by atoms with van der Waals surface area (Å²) in [4.78, 5) is 12.1. The Labute approximate surface area is 135 Å². The third-order valence-corrected chi connectivity index (χ3v) is 5.68. The molecule has 0 radical (unpaired) electrons. The lowest BCUT2D eigenvalue weighted by atomic mass is 9.95. The largest absolute Gasteiger partial charge is 0.347 e. The number of benzene rings is 1. The molecule has 1 rings (SSSR count). The molecular weight excluding hydrogens is 333 g/mol. The van der Waals surface area contributed by atoms with E-state index in [9.17, 15) is 13.2 Å². The van der Waals surface area contributed by atoms with E-state index in [0.717, 1.165) is 12.8 Å².